The maximum absolute atomic E-state index is 15.2. The Kier molecular flexibility index (Phi) is 8.95. The van der Waals surface area contributed by atoms with Gasteiger partial charge in [-0.25, -0.2) is 27.5 Å². The van der Waals surface area contributed by atoms with E-state index in [0.29, 0.717) is 6.07 Å². The molecule has 4 rings (SSSR count). The standard InChI is InChI=1S/C29H3F15N6/c30-19-17(21(32)25(34)49-23(19)28(39,40)41)12(6-47)15-14(11(5-46)10-2-1-9(27(36,37)38)3-8(10)4-45)16(15)13(7-48)18-20(31)24(29(42,43)44)50-26(35)22(18)33/h1-3H/b14-11-,15-12?,16-13-. The highest BCUT2D eigenvalue weighted by Gasteiger charge is 2.48. The molecular formula is C29H3F15N6. The van der Waals surface area contributed by atoms with Gasteiger partial charge in [-0.1, -0.05) is 6.07 Å². The fraction of sp³-hybridized carbons (Fsp3) is 0.103. The van der Waals surface area contributed by atoms with E-state index in [0.717, 1.165) is 12.1 Å². The van der Waals surface area contributed by atoms with E-state index in [-0.39, 0.29) is 12.1 Å². The second-order valence-corrected chi connectivity index (χ2v) is 9.46. The molecule has 1 saturated carbocycles. The Bertz CT molecular complexity index is 2170. The molecule has 3 aromatic rings. The van der Waals surface area contributed by atoms with Gasteiger partial charge in [-0.2, -0.15) is 69.3 Å². The second kappa shape index (κ2) is 12.3. The summed E-state index contributed by atoms with van der Waals surface area (Å²) in [6, 6.07) is 5.03. The first kappa shape index (κ1) is 36.5. The fourth-order valence-electron chi connectivity index (χ4n) is 4.54. The minimum atomic E-state index is -5.91. The maximum Gasteiger partial charge on any atom is 0.436 e. The van der Waals surface area contributed by atoms with Crippen LogP contribution < -0.4 is 0 Å². The summed E-state index contributed by atoms with van der Waals surface area (Å²) < 4.78 is 209. The van der Waals surface area contributed by atoms with E-state index in [2.05, 4.69) is 9.97 Å². The molecule has 1 fully saturated rings. The Hall–Kier alpha value is -6.35. The van der Waals surface area contributed by atoms with Crippen LogP contribution in [0, 0.1) is 80.5 Å². The number of benzene rings is 1. The molecule has 0 amide bonds. The Balaban J connectivity index is 2.32. The van der Waals surface area contributed by atoms with Crippen molar-refractivity contribution in [2.75, 3.05) is 0 Å². The van der Waals surface area contributed by atoms with E-state index >= 15 is 8.78 Å². The van der Waals surface area contributed by atoms with Crippen LogP contribution in [0.5, 0.6) is 0 Å². The van der Waals surface area contributed by atoms with Crippen molar-refractivity contribution in [3.05, 3.63) is 109 Å². The zero-order valence-corrected chi connectivity index (χ0v) is 23.1. The summed E-state index contributed by atoms with van der Waals surface area (Å²) in [6.45, 7) is 0. The zero-order valence-electron chi connectivity index (χ0n) is 23.1. The summed E-state index contributed by atoms with van der Waals surface area (Å²) in [5.41, 5.74) is -22.6. The van der Waals surface area contributed by atoms with Crippen LogP contribution in [0.25, 0.3) is 16.7 Å². The summed E-state index contributed by atoms with van der Waals surface area (Å²) in [5, 5.41) is 39.1. The smallest absolute Gasteiger partial charge is 0.209 e. The Morgan fingerprint density at radius 3 is 1.22 bits per heavy atom. The molecule has 2 aromatic heterocycles. The molecule has 0 N–H and O–H groups in total. The number of nitrogens with zero attached hydrogens (tertiary/aromatic N) is 6. The van der Waals surface area contributed by atoms with Crippen LogP contribution in [0.3, 0.4) is 0 Å². The van der Waals surface area contributed by atoms with Crippen molar-refractivity contribution >= 4 is 16.7 Å². The van der Waals surface area contributed by atoms with Gasteiger partial charge in [0.2, 0.25) is 11.9 Å². The average molecular weight is 720 g/mol. The number of hydrogen-bond acceptors (Lipinski definition) is 6. The highest BCUT2D eigenvalue weighted by molar-refractivity contribution is 6.12. The van der Waals surface area contributed by atoms with Gasteiger partial charge < -0.3 is 0 Å². The highest BCUT2D eigenvalue weighted by atomic mass is 19.4. The van der Waals surface area contributed by atoms with Crippen LogP contribution in [-0.2, 0) is 18.5 Å². The second-order valence-electron chi connectivity index (χ2n) is 9.46. The van der Waals surface area contributed by atoms with Crippen molar-refractivity contribution in [1.29, 1.82) is 21.0 Å². The van der Waals surface area contributed by atoms with Gasteiger partial charge in [0.15, 0.2) is 34.7 Å². The van der Waals surface area contributed by atoms with E-state index in [9.17, 15) is 78.1 Å². The molecule has 1 aromatic carbocycles. The van der Waals surface area contributed by atoms with Gasteiger partial charge in [0.05, 0.1) is 45.0 Å². The first-order chi connectivity index (χ1) is 23.1. The molecule has 0 spiro atoms. The molecule has 0 bridgehead atoms. The Labute approximate surface area is 266 Å². The summed E-state index contributed by atoms with van der Waals surface area (Å²) in [6.07, 6.45) is -17.0. The van der Waals surface area contributed by atoms with E-state index in [1.165, 1.54) is 12.1 Å². The molecule has 254 valence electrons. The van der Waals surface area contributed by atoms with Crippen molar-refractivity contribution in [3.63, 3.8) is 0 Å². The SMILES string of the molecule is N#CC(=C1C(=C(\C#N)c2ccc(C(F)(F)F)cc2C#N)/C1=C(\C#N)c1c(F)c(F)nc(C(F)(F)F)c1F)c1c(F)c(F)nc(C(F)(F)F)c1F. The molecule has 50 heavy (non-hydrogen) atoms. The molecule has 1 aliphatic rings. The largest absolute Gasteiger partial charge is 0.436 e. The highest BCUT2D eigenvalue weighted by Crippen LogP contribution is 2.57. The van der Waals surface area contributed by atoms with Crippen molar-refractivity contribution < 1.29 is 65.9 Å². The van der Waals surface area contributed by atoms with E-state index in [1.54, 1.807) is 0 Å². The number of nitriles is 4. The van der Waals surface area contributed by atoms with E-state index in [4.69, 9.17) is 0 Å². The molecule has 6 nitrogen and oxygen atoms in total. The number of hydrogen-bond donors (Lipinski definition) is 0. The quantitative estimate of drug-likeness (QED) is 0.152. The van der Waals surface area contributed by atoms with Gasteiger partial charge in [-0.3, -0.25) is 0 Å². The number of rotatable bonds is 3. The van der Waals surface area contributed by atoms with Crippen LogP contribution >= 0.6 is 0 Å². The first-order valence-electron chi connectivity index (χ1n) is 12.4. The van der Waals surface area contributed by atoms with Gasteiger partial charge in [0.1, 0.15) is 18.2 Å². The topological polar surface area (TPSA) is 121 Å². The molecule has 0 atom stereocenters. The number of halogens is 15. The lowest BCUT2D eigenvalue weighted by Crippen LogP contribution is -2.16. The number of allylic oxidation sites excluding steroid dienone is 6. The Morgan fingerprint density at radius 2 is 0.900 bits per heavy atom. The predicted octanol–water partition coefficient (Wildman–Crippen LogP) is 8.48. The summed E-state index contributed by atoms with van der Waals surface area (Å²) >= 11 is 0. The summed E-state index contributed by atoms with van der Waals surface area (Å²) in [7, 11) is 0. The molecule has 0 unspecified atom stereocenters. The number of alkyl halides is 9. The van der Waals surface area contributed by atoms with Crippen LogP contribution in [0.2, 0.25) is 0 Å². The minimum absolute atomic E-state index is 0.124. The van der Waals surface area contributed by atoms with Crippen LogP contribution in [0.1, 0.15) is 39.2 Å². The minimum Gasteiger partial charge on any atom is -0.209 e. The lowest BCUT2D eigenvalue weighted by molar-refractivity contribution is -0.145. The molecular weight excluding hydrogens is 717 g/mol. The fourth-order valence-corrected chi connectivity index (χ4v) is 4.54. The van der Waals surface area contributed by atoms with Gasteiger partial charge in [0, 0.05) is 22.3 Å². The first-order valence-corrected chi connectivity index (χ1v) is 12.4. The van der Waals surface area contributed by atoms with Crippen LogP contribution in [0.15, 0.2) is 34.9 Å². The van der Waals surface area contributed by atoms with Crippen LogP contribution in [0.4, 0.5) is 65.9 Å². The van der Waals surface area contributed by atoms with Crippen molar-refractivity contribution in [3.8, 4) is 24.3 Å². The molecule has 0 saturated heterocycles. The van der Waals surface area contributed by atoms with Gasteiger partial charge in [-0.15, -0.1) is 0 Å². The molecule has 0 radical (unpaired) electrons. The normalized spacial score (nSPS) is 16.1. The number of aromatic nitrogens is 2. The van der Waals surface area contributed by atoms with Gasteiger partial charge in [0.25, 0.3) is 0 Å². The van der Waals surface area contributed by atoms with E-state index < -0.39 is 126 Å². The van der Waals surface area contributed by atoms with E-state index in [1.807, 2.05) is 0 Å². The maximum atomic E-state index is 15.2. The third-order valence-electron chi connectivity index (χ3n) is 6.62. The van der Waals surface area contributed by atoms with Crippen LogP contribution in [-0.4, -0.2) is 9.97 Å². The predicted molar refractivity (Wildman–Crippen MR) is 132 cm³/mol. The molecule has 1 aliphatic carbocycles. The lowest BCUT2D eigenvalue weighted by Gasteiger charge is -2.11. The summed E-state index contributed by atoms with van der Waals surface area (Å²) in [5.74, 6) is -16.4. The van der Waals surface area contributed by atoms with Crippen molar-refractivity contribution in [2.45, 2.75) is 18.5 Å². The number of pyridine rings is 2. The molecule has 0 aliphatic heterocycles. The van der Waals surface area contributed by atoms with Crippen molar-refractivity contribution in [1.82, 2.24) is 9.97 Å². The monoisotopic (exact) mass is 720 g/mol. The Morgan fingerprint density at radius 1 is 0.520 bits per heavy atom. The van der Waals surface area contributed by atoms with Crippen molar-refractivity contribution in [2.24, 2.45) is 0 Å². The molecule has 2 heterocycles. The average Bonchev–Trinajstić information content (AvgIpc) is 3.73. The third kappa shape index (κ3) is 6.05. The zero-order chi connectivity index (χ0) is 37.8. The summed E-state index contributed by atoms with van der Waals surface area (Å²) in [4.78, 5) is 4.14. The lowest BCUT2D eigenvalue weighted by atomic mass is 9.96. The van der Waals surface area contributed by atoms with Gasteiger partial charge >= 0.3 is 18.5 Å². The molecule has 21 heteroatoms. The van der Waals surface area contributed by atoms with Gasteiger partial charge in [-0.05, 0) is 12.1 Å². The third-order valence-corrected chi connectivity index (χ3v) is 6.62.